The third kappa shape index (κ3) is 3.59. The molecule has 0 fully saturated rings. The van der Waals surface area contributed by atoms with Crippen molar-refractivity contribution < 1.29 is 9.53 Å². The highest BCUT2D eigenvalue weighted by Crippen LogP contribution is 2.26. The number of Topliss-reactive ketones (excluding diaryl/α,β-unsaturated/α-hetero) is 1. The first-order chi connectivity index (χ1) is 12.5. The van der Waals surface area contributed by atoms with Gasteiger partial charge in [-0.3, -0.25) is 14.2 Å². The predicted molar refractivity (Wildman–Crippen MR) is 107 cm³/mol. The van der Waals surface area contributed by atoms with E-state index in [1.54, 1.807) is 42.0 Å². The molecule has 3 aromatic rings. The SMILES string of the molecule is C=CCn1c(S[C@@H](C)C(=O)c2ccc(OC)cc2)nc2ccsc2c1=O. The van der Waals surface area contributed by atoms with Gasteiger partial charge in [0.05, 0.1) is 17.9 Å². The number of benzene rings is 1. The number of rotatable bonds is 7. The number of aromatic nitrogens is 2. The summed E-state index contributed by atoms with van der Waals surface area (Å²) in [5, 5.41) is 1.98. The van der Waals surface area contributed by atoms with Crippen LogP contribution >= 0.6 is 23.1 Å². The molecule has 1 atom stereocenters. The number of fused-ring (bicyclic) bond motifs is 1. The smallest absolute Gasteiger partial charge is 0.272 e. The summed E-state index contributed by atoms with van der Waals surface area (Å²) in [4.78, 5) is 30.0. The predicted octanol–water partition coefficient (Wildman–Crippen LogP) is 4.02. The second-order valence-electron chi connectivity index (χ2n) is 5.59. The van der Waals surface area contributed by atoms with Crippen LogP contribution in [0.15, 0.2) is 58.3 Å². The van der Waals surface area contributed by atoms with Gasteiger partial charge in [-0.05, 0) is 42.6 Å². The monoisotopic (exact) mass is 386 g/mol. The zero-order valence-corrected chi connectivity index (χ0v) is 16.1. The molecule has 0 aliphatic carbocycles. The van der Waals surface area contributed by atoms with Crippen LogP contribution in [-0.4, -0.2) is 27.7 Å². The van der Waals surface area contributed by atoms with Crippen molar-refractivity contribution in [1.82, 2.24) is 9.55 Å². The van der Waals surface area contributed by atoms with Crippen LogP contribution in [0.25, 0.3) is 10.2 Å². The normalized spacial score (nSPS) is 12.1. The fourth-order valence-electron chi connectivity index (χ4n) is 2.51. The van der Waals surface area contributed by atoms with E-state index in [9.17, 15) is 9.59 Å². The second-order valence-corrected chi connectivity index (χ2v) is 7.81. The molecule has 26 heavy (non-hydrogen) atoms. The van der Waals surface area contributed by atoms with Gasteiger partial charge < -0.3 is 4.74 Å². The van der Waals surface area contributed by atoms with Crippen molar-refractivity contribution in [3.63, 3.8) is 0 Å². The van der Waals surface area contributed by atoms with Crippen molar-refractivity contribution in [2.45, 2.75) is 23.9 Å². The van der Waals surface area contributed by atoms with Crippen LogP contribution in [0.4, 0.5) is 0 Å². The lowest BCUT2D eigenvalue weighted by Crippen LogP contribution is -2.24. The number of allylic oxidation sites excluding steroid dienone is 1. The van der Waals surface area contributed by atoms with Gasteiger partial charge in [0.15, 0.2) is 10.9 Å². The maximum absolute atomic E-state index is 12.7. The number of methoxy groups -OCH3 is 1. The third-order valence-corrected chi connectivity index (χ3v) is 5.85. The summed E-state index contributed by atoms with van der Waals surface area (Å²) >= 11 is 2.65. The molecule has 0 aliphatic rings. The number of hydrogen-bond acceptors (Lipinski definition) is 6. The van der Waals surface area contributed by atoms with Gasteiger partial charge in [-0.15, -0.1) is 17.9 Å². The van der Waals surface area contributed by atoms with Crippen LogP contribution in [0, 0.1) is 0 Å². The Morgan fingerprint density at radius 2 is 2.12 bits per heavy atom. The van der Waals surface area contributed by atoms with Gasteiger partial charge in [-0.25, -0.2) is 4.98 Å². The largest absolute Gasteiger partial charge is 0.497 e. The summed E-state index contributed by atoms with van der Waals surface area (Å²) in [6, 6.07) is 8.82. The zero-order chi connectivity index (χ0) is 18.7. The highest BCUT2D eigenvalue weighted by atomic mass is 32.2. The van der Waals surface area contributed by atoms with Gasteiger partial charge in [0.25, 0.3) is 5.56 Å². The molecule has 0 saturated carbocycles. The van der Waals surface area contributed by atoms with Gasteiger partial charge in [-0.1, -0.05) is 17.8 Å². The molecule has 0 saturated heterocycles. The van der Waals surface area contributed by atoms with Crippen molar-refractivity contribution >= 4 is 39.1 Å². The number of hydrogen-bond donors (Lipinski definition) is 0. The number of thiophene rings is 1. The summed E-state index contributed by atoms with van der Waals surface area (Å²) in [5.41, 5.74) is 1.16. The lowest BCUT2D eigenvalue weighted by Gasteiger charge is -2.14. The van der Waals surface area contributed by atoms with E-state index < -0.39 is 0 Å². The Morgan fingerprint density at radius 1 is 1.38 bits per heavy atom. The average Bonchev–Trinajstić information content (AvgIpc) is 3.13. The molecule has 7 heteroatoms. The lowest BCUT2D eigenvalue weighted by atomic mass is 10.1. The molecular weight excluding hydrogens is 368 g/mol. The molecule has 3 rings (SSSR count). The van der Waals surface area contributed by atoms with E-state index in [1.807, 2.05) is 18.4 Å². The van der Waals surface area contributed by atoms with E-state index in [2.05, 4.69) is 11.6 Å². The number of thioether (sulfide) groups is 1. The van der Waals surface area contributed by atoms with Crippen molar-refractivity contribution in [3.8, 4) is 5.75 Å². The number of carbonyl (C=O) groups excluding carboxylic acids is 1. The first-order valence-corrected chi connectivity index (χ1v) is 9.75. The van der Waals surface area contributed by atoms with Crippen molar-refractivity contribution in [3.05, 3.63) is 64.3 Å². The minimum Gasteiger partial charge on any atom is -0.497 e. The van der Waals surface area contributed by atoms with E-state index in [1.165, 1.54) is 23.1 Å². The number of nitrogens with zero attached hydrogens (tertiary/aromatic N) is 2. The lowest BCUT2D eigenvalue weighted by molar-refractivity contribution is 0.0994. The third-order valence-electron chi connectivity index (χ3n) is 3.87. The molecule has 0 amide bonds. The quantitative estimate of drug-likeness (QED) is 0.266. The van der Waals surface area contributed by atoms with Gasteiger partial charge in [0.1, 0.15) is 10.4 Å². The summed E-state index contributed by atoms with van der Waals surface area (Å²) in [7, 11) is 1.58. The van der Waals surface area contributed by atoms with Gasteiger partial charge >= 0.3 is 0 Å². The molecule has 0 bridgehead atoms. The molecule has 0 unspecified atom stereocenters. The van der Waals surface area contributed by atoms with Crippen LogP contribution in [0.3, 0.4) is 0 Å². The molecule has 5 nitrogen and oxygen atoms in total. The molecule has 2 heterocycles. The summed E-state index contributed by atoms with van der Waals surface area (Å²) < 4.78 is 7.30. The summed E-state index contributed by atoms with van der Waals surface area (Å²) in [6.07, 6.45) is 1.66. The van der Waals surface area contributed by atoms with Crippen molar-refractivity contribution in [2.24, 2.45) is 0 Å². The first-order valence-electron chi connectivity index (χ1n) is 7.99. The Kier molecular flexibility index (Phi) is 5.58. The average molecular weight is 386 g/mol. The Morgan fingerprint density at radius 3 is 2.77 bits per heavy atom. The highest BCUT2D eigenvalue weighted by Gasteiger charge is 2.20. The molecule has 0 aliphatic heterocycles. The molecule has 0 radical (unpaired) electrons. The van der Waals surface area contributed by atoms with Crippen LogP contribution in [0.2, 0.25) is 0 Å². The van der Waals surface area contributed by atoms with Crippen molar-refractivity contribution in [2.75, 3.05) is 7.11 Å². The fourth-order valence-corrected chi connectivity index (χ4v) is 4.28. The number of carbonyl (C=O) groups is 1. The number of ketones is 1. The van der Waals surface area contributed by atoms with Crippen LogP contribution in [0.1, 0.15) is 17.3 Å². The van der Waals surface area contributed by atoms with E-state index in [0.717, 1.165) is 0 Å². The van der Waals surface area contributed by atoms with E-state index in [0.29, 0.717) is 33.2 Å². The van der Waals surface area contributed by atoms with Gasteiger partial charge in [0, 0.05) is 12.1 Å². The Labute approximate surface area is 159 Å². The summed E-state index contributed by atoms with van der Waals surface area (Å²) in [5.74, 6) is 0.675. The van der Waals surface area contributed by atoms with E-state index in [-0.39, 0.29) is 16.6 Å². The molecule has 0 spiro atoms. The fraction of sp³-hybridized carbons (Fsp3) is 0.211. The summed E-state index contributed by atoms with van der Waals surface area (Å²) in [6.45, 7) is 5.88. The molecule has 0 N–H and O–H groups in total. The molecule has 2 aromatic heterocycles. The maximum Gasteiger partial charge on any atom is 0.272 e. The highest BCUT2D eigenvalue weighted by molar-refractivity contribution is 8.00. The van der Waals surface area contributed by atoms with Crippen LogP contribution in [-0.2, 0) is 6.54 Å². The van der Waals surface area contributed by atoms with Gasteiger partial charge in [-0.2, -0.15) is 0 Å². The van der Waals surface area contributed by atoms with E-state index in [4.69, 9.17) is 4.74 Å². The standard InChI is InChI=1S/C19H18N2O3S2/c1-4-10-21-18(23)17-15(9-11-25-17)20-19(21)26-12(2)16(22)13-5-7-14(24-3)8-6-13/h4-9,11-12H,1,10H2,2-3H3/t12-/m0/s1. The zero-order valence-electron chi connectivity index (χ0n) is 14.5. The van der Waals surface area contributed by atoms with Gasteiger partial charge in [0.2, 0.25) is 0 Å². The minimum atomic E-state index is -0.387. The Balaban J connectivity index is 1.91. The van der Waals surface area contributed by atoms with Crippen LogP contribution in [0.5, 0.6) is 5.75 Å². The number of ether oxygens (including phenoxy) is 1. The Hall–Kier alpha value is -2.38. The molecular formula is C19H18N2O3S2. The minimum absolute atomic E-state index is 0.0255. The van der Waals surface area contributed by atoms with Crippen molar-refractivity contribution in [1.29, 1.82) is 0 Å². The first kappa shape index (κ1) is 18.4. The second kappa shape index (κ2) is 7.88. The molecule has 134 valence electrons. The topological polar surface area (TPSA) is 61.2 Å². The van der Waals surface area contributed by atoms with Crippen LogP contribution < -0.4 is 10.3 Å². The Bertz CT molecular complexity index is 1010. The van der Waals surface area contributed by atoms with E-state index >= 15 is 0 Å². The maximum atomic E-state index is 12.7. The molecule has 1 aromatic carbocycles.